The predicted molar refractivity (Wildman–Crippen MR) is 116 cm³/mol. The first-order valence-electron chi connectivity index (χ1n) is 9.54. The molecule has 0 aromatic heterocycles. The number of hydrogen-bond donors (Lipinski definition) is 2. The summed E-state index contributed by atoms with van der Waals surface area (Å²) in [5, 5.41) is 13.4. The molecule has 0 radical (unpaired) electrons. The maximum Gasteiger partial charge on any atom is 0.232 e. The molecule has 0 heterocycles. The molecule has 0 atom stereocenters. The summed E-state index contributed by atoms with van der Waals surface area (Å²) in [5.41, 5.74) is 1.67. The topological polar surface area (TPSA) is 78.8 Å². The van der Waals surface area contributed by atoms with Crippen molar-refractivity contribution in [1.82, 2.24) is 0 Å². The van der Waals surface area contributed by atoms with Crippen LogP contribution in [0, 0.1) is 0 Å². The zero-order chi connectivity index (χ0) is 20.4. The zero-order valence-electron chi connectivity index (χ0n) is 16.1. The first-order chi connectivity index (χ1) is 13.5. The van der Waals surface area contributed by atoms with Crippen molar-refractivity contribution in [3.8, 4) is 0 Å². The molecule has 0 aliphatic carbocycles. The monoisotopic (exact) mass is 422 g/mol. The first-order valence-corrected chi connectivity index (χ1v) is 11.6. The summed E-state index contributed by atoms with van der Waals surface area (Å²) < 4.78 is 27.7. The lowest BCUT2D eigenvalue weighted by atomic mass is 10.0. The molecule has 2 rings (SSSR count). The van der Waals surface area contributed by atoms with Crippen LogP contribution in [0.4, 0.5) is 5.69 Å². The highest BCUT2D eigenvalue weighted by Gasteiger charge is 2.18. The molecule has 2 aromatic carbocycles. The van der Waals surface area contributed by atoms with Gasteiger partial charge < -0.3 is 5.21 Å². The van der Waals surface area contributed by atoms with Gasteiger partial charge in [0.2, 0.25) is 10.0 Å². The lowest BCUT2D eigenvalue weighted by molar-refractivity contribution is 0.319. The van der Waals surface area contributed by atoms with Gasteiger partial charge in [-0.2, -0.15) is 0 Å². The highest BCUT2D eigenvalue weighted by molar-refractivity contribution is 7.92. The number of nitrogens with one attached hydrogen (secondary N) is 1. The molecule has 7 heteroatoms. The molecule has 0 aliphatic rings. The Morgan fingerprint density at radius 1 is 1.04 bits per heavy atom. The molecule has 28 heavy (non-hydrogen) atoms. The van der Waals surface area contributed by atoms with Crippen molar-refractivity contribution in [1.29, 1.82) is 0 Å². The number of sulfonamides is 1. The van der Waals surface area contributed by atoms with Crippen LogP contribution in [0.25, 0.3) is 0 Å². The molecule has 0 spiro atoms. The summed E-state index contributed by atoms with van der Waals surface area (Å²) in [5.74, 6) is 0.0537. The molecule has 0 saturated carbocycles. The van der Waals surface area contributed by atoms with E-state index in [9.17, 15) is 13.6 Å². The lowest BCUT2D eigenvalue weighted by Gasteiger charge is -2.14. The fourth-order valence-corrected chi connectivity index (χ4v) is 4.33. The van der Waals surface area contributed by atoms with Crippen LogP contribution in [0.1, 0.15) is 56.6 Å². The third kappa shape index (κ3) is 6.84. The number of nitrogens with zero attached hydrogens (tertiary/aromatic N) is 1. The highest BCUT2D eigenvalue weighted by atomic mass is 35.5. The molecule has 0 fully saturated rings. The molecular formula is C21H27ClN2O3S. The minimum Gasteiger partial charge on any atom is -0.410 e. The molecule has 152 valence electrons. The number of halogens is 1. The number of unbranched alkanes of at least 4 members (excludes halogenated alkanes) is 5. The van der Waals surface area contributed by atoms with E-state index in [1.807, 2.05) is 18.2 Å². The van der Waals surface area contributed by atoms with Crippen molar-refractivity contribution < 1.29 is 13.6 Å². The summed E-state index contributed by atoms with van der Waals surface area (Å²) in [6.07, 6.45) is 6.03. The summed E-state index contributed by atoms with van der Waals surface area (Å²) in [6, 6.07) is 13.8. The van der Waals surface area contributed by atoms with Gasteiger partial charge in [0.15, 0.2) is 0 Å². The molecular weight excluding hydrogens is 396 g/mol. The highest BCUT2D eigenvalue weighted by Crippen LogP contribution is 2.25. The van der Waals surface area contributed by atoms with Crippen molar-refractivity contribution in [2.75, 3.05) is 10.5 Å². The Kier molecular flexibility index (Phi) is 8.80. The summed E-state index contributed by atoms with van der Waals surface area (Å²) in [6.45, 7) is 2.15. The van der Waals surface area contributed by atoms with Gasteiger partial charge in [0.1, 0.15) is 5.71 Å². The second kappa shape index (κ2) is 11.1. The Morgan fingerprint density at radius 3 is 2.39 bits per heavy atom. The van der Waals surface area contributed by atoms with E-state index in [0.717, 1.165) is 25.7 Å². The molecule has 0 saturated heterocycles. The van der Waals surface area contributed by atoms with Crippen molar-refractivity contribution >= 4 is 33.0 Å². The van der Waals surface area contributed by atoms with Gasteiger partial charge in [0, 0.05) is 16.1 Å². The minimum absolute atomic E-state index is 0.0537. The van der Waals surface area contributed by atoms with Gasteiger partial charge in [-0.25, -0.2) is 8.42 Å². The molecule has 5 nitrogen and oxygen atoms in total. The number of benzene rings is 2. The Labute approximate surface area is 172 Å². The van der Waals surface area contributed by atoms with Crippen LogP contribution in [-0.2, 0) is 10.0 Å². The second-order valence-corrected chi connectivity index (χ2v) is 8.97. The smallest absolute Gasteiger partial charge is 0.232 e. The Bertz CT molecular complexity index is 884. The van der Waals surface area contributed by atoms with Gasteiger partial charge in [0.25, 0.3) is 0 Å². The number of hydrogen-bond acceptors (Lipinski definition) is 4. The maximum atomic E-state index is 12.5. The fraction of sp³-hybridized carbons (Fsp3) is 0.381. The van der Waals surface area contributed by atoms with Crippen LogP contribution in [0.3, 0.4) is 0 Å². The standard InChI is InChI=1S/C21H27ClN2O3S/c1-2-3-4-5-6-10-15-28(26,27)24-20-14-13-18(22)16-19(20)21(23-25)17-11-8-7-9-12-17/h7-9,11-14,16,24-25H,2-6,10,15H2,1H3/b23-21+. The van der Waals surface area contributed by atoms with Gasteiger partial charge in [-0.1, -0.05) is 86.1 Å². The molecule has 2 aromatic rings. The maximum absolute atomic E-state index is 12.5. The average Bonchev–Trinajstić information content (AvgIpc) is 2.68. The van der Waals surface area contributed by atoms with Gasteiger partial charge in [-0.05, 0) is 24.6 Å². The van der Waals surface area contributed by atoms with Gasteiger partial charge in [0.05, 0.1) is 11.4 Å². The van der Waals surface area contributed by atoms with Crippen molar-refractivity contribution in [2.45, 2.75) is 45.4 Å². The van der Waals surface area contributed by atoms with Gasteiger partial charge in [-0.15, -0.1) is 0 Å². The lowest BCUT2D eigenvalue weighted by Crippen LogP contribution is -2.19. The van der Waals surface area contributed by atoms with E-state index >= 15 is 0 Å². The van der Waals surface area contributed by atoms with E-state index in [1.54, 1.807) is 30.3 Å². The average molecular weight is 423 g/mol. The zero-order valence-corrected chi connectivity index (χ0v) is 17.6. The summed E-state index contributed by atoms with van der Waals surface area (Å²) >= 11 is 6.11. The van der Waals surface area contributed by atoms with E-state index < -0.39 is 10.0 Å². The van der Waals surface area contributed by atoms with E-state index in [2.05, 4.69) is 16.8 Å². The van der Waals surface area contributed by atoms with E-state index in [-0.39, 0.29) is 11.5 Å². The quantitative estimate of drug-likeness (QED) is 0.212. The fourth-order valence-electron chi connectivity index (χ4n) is 2.96. The van der Waals surface area contributed by atoms with Crippen LogP contribution >= 0.6 is 11.6 Å². The van der Waals surface area contributed by atoms with Gasteiger partial charge in [-0.3, -0.25) is 4.72 Å². The van der Waals surface area contributed by atoms with E-state index in [0.29, 0.717) is 28.3 Å². The van der Waals surface area contributed by atoms with Crippen molar-refractivity contribution in [2.24, 2.45) is 5.16 Å². The van der Waals surface area contributed by atoms with Crippen LogP contribution in [-0.4, -0.2) is 25.1 Å². The predicted octanol–water partition coefficient (Wildman–Crippen LogP) is 5.67. The molecule has 0 bridgehead atoms. The number of anilines is 1. The Balaban J connectivity index is 2.15. The largest absolute Gasteiger partial charge is 0.410 e. The third-order valence-electron chi connectivity index (χ3n) is 4.42. The van der Waals surface area contributed by atoms with Crippen LogP contribution in [0.5, 0.6) is 0 Å². The summed E-state index contributed by atoms with van der Waals surface area (Å²) in [4.78, 5) is 0. The molecule has 0 aliphatic heterocycles. The SMILES string of the molecule is CCCCCCCCS(=O)(=O)Nc1ccc(Cl)cc1/C(=N/O)c1ccccc1. The third-order valence-corrected chi connectivity index (χ3v) is 6.01. The number of rotatable bonds is 11. The normalized spacial score (nSPS) is 12.1. The van der Waals surface area contributed by atoms with Crippen LogP contribution in [0.2, 0.25) is 5.02 Å². The van der Waals surface area contributed by atoms with Crippen molar-refractivity contribution in [3.05, 3.63) is 64.7 Å². The minimum atomic E-state index is -3.52. The second-order valence-electron chi connectivity index (χ2n) is 6.69. The van der Waals surface area contributed by atoms with Crippen molar-refractivity contribution in [3.63, 3.8) is 0 Å². The van der Waals surface area contributed by atoms with Crippen LogP contribution in [0.15, 0.2) is 53.7 Å². The molecule has 2 N–H and O–H groups in total. The summed E-state index contributed by atoms with van der Waals surface area (Å²) in [7, 11) is -3.52. The number of oxime groups is 1. The Morgan fingerprint density at radius 2 is 1.71 bits per heavy atom. The molecule has 0 unspecified atom stereocenters. The van der Waals surface area contributed by atoms with E-state index in [1.165, 1.54) is 6.42 Å². The first kappa shape index (κ1) is 22.2. The van der Waals surface area contributed by atoms with E-state index in [4.69, 9.17) is 11.6 Å². The van der Waals surface area contributed by atoms with Crippen LogP contribution < -0.4 is 4.72 Å². The van der Waals surface area contributed by atoms with Gasteiger partial charge >= 0.3 is 0 Å². The molecule has 0 amide bonds. The Hall–Kier alpha value is -2.05.